The molecule has 0 aliphatic carbocycles. The van der Waals surface area contributed by atoms with E-state index in [0.29, 0.717) is 6.04 Å². The van der Waals surface area contributed by atoms with Crippen molar-refractivity contribution in [2.24, 2.45) is 0 Å². The van der Waals surface area contributed by atoms with Crippen LogP contribution in [0, 0.1) is 0 Å². The van der Waals surface area contributed by atoms with Crippen molar-refractivity contribution in [1.29, 1.82) is 0 Å². The van der Waals surface area contributed by atoms with Crippen molar-refractivity contribution in [3.05, 3.63) is 19.2 Å². The zero-order valence-corrected chi connectivity index (χ0v) is 14.2. The highest BCUT2D eigenvalue weighted by Gasteiger charge is 2.20. The molecule has 0 saturated carbocycles. The van der Waals surface area contributed by atoms with Crippen LogP contribution in [0.25, 0.3) is 0 Å². The molecule has 1 aliphatic heterocycles. The van der Waals surface area contributed by atoms with E-state index >= 15 is 0 Å². The molecule has 2 heterocycles. The molecule has 0 aromatic carbocycles. The predicted molar refractivity (Wildman–Crippen MR) is 82.3 cm³/mol. The predicted octanol–water partition coefficient (Wildman–Crippen LogP) is 3.49. The number of carbonyl (C=O) groups is 1. The number of thiophene rings is 1. The minimum Gasteiger partial charge on any atom is -0.350 e. The van der Waals surface area contributed by atoms with Crippen LogP contribution < -0.4 is 5.32 Å². The van der Waals surface area contributed by atoms with Gasteiger partial charge in [-0.1, -0.05) is 6.42 Å². The van der Waals surface area contributed by atoms with E-state index in [1.807, 2.05) is 6.07 Å². The number of nitrogens with one attached hydrogen (secondary N) is 1. The van der Waals surface area contributed by atoms with Gasteiger partial charge in [0.1, 0.15) is 0 Å². The second kappa shape index (κ2) is 6.50. The van der Waals surface area contributed by atoms with E-state index in [1.54, 1.807) is 0 Å². The summed E-state index contributed by atoms with van der Waals surface area (Å²) in [4.78, 5) is 15.1. The lowest BCUT2D eigenvalue weighted by atomic mass is 10.0. The highest BCUT2D eigenvalue weighted by atomic mass is 79.9. The molecule has 2 rings (SSSR count). The van der Waals surface area contributed by atoms with Crippen LogP contribution in [0.1, 0.15) is 28.9 Å². The van der Waals surface area contributed by atoms with Crippen molar-refractivity contribution in [3.63, 3.8) is 0 Å². The first-order valence-corrected chi connectivity index (χ1v) is 8.41. The largest absolute Gasteiger partial charge is 0.350 e. The third-order valence-electron chi connectivity index (χ3n) is 3.29. The first kappa shape index (κ1) is 14.5. The summed E-state index contributed by atoms with van der Waals surface area (Å²) in [6.07, 6.45) is 3.71. The number of nitrogens with zero attached hydrogens (tertiary/aromatic N) is 1. The number of likely N-dealkylation sites (N-methyl/N-ethyl adjacent to an activating group) is 1. The molecule has 1 aliphatic rings. The van der Waals surface area contributed by atoms with E-state index in [9.17, 15) is 4.79 Å². The van der Waals surface area contributed by atoms with Crippen LogP contribution in [0.15, 0.2) is 14.3 Å². The average Bonchev–Trinajstić information content (AvgIpc) is 2.68. The molecule has 1 unspecified atom stereocenters. The van der Waals surface area contributed by atoms with Gasteiger partial charge in [0.2, 0.25) is 0 Å². The maximum absolute atomic E-state index is 12.0. The molecule has 1 aromatic rings. The second-order valence-corrected chi connectivity index (χ2v) is 7.80. The zero-order chi connectivity index (χ0) is 13.1. The molecule has 1 amide bonds. The Morgan fingerprint density at radius 2 is 2.33 bits per heavy atom. The molecule has 1 aromatic heterocycles. The number of likely N-dealkylation sites (tertiary alicyclic amines) is 1. The first-order chi connectivity index (χ1) is 8.58. The van der Waals surface area contributed by atoms with E-state index in [0.717, 1.165) is 26.2 Å². The number of halogens is 2. The molecular weight excluding hydrogens is 380 g/mol. The van der Waals surface area contributed by atoms with Gasteiger partial charge < -0.3 is 10.2 Å². The van der Waals surface area contributed by atoms with E-state index in [1.165, 1.54) is 30.6 Å². The fourth-order valence-corrected chi connectivity index (χ4v) is 4.11. The van der Waals surface area contributed by atoms with Crippen molar-refractivity contribution in [3.8, 4) is 0 Å². The minimum atomic E-state index is 0.0189. The van der Waals surface area contributed by atoms with E-state index < -0.39 is 0 Å². The topological polar surface area (TPSA) is 32.3 Å². The van der Waals surface area contributed by atoms with Gasteiger partial charge in [-0.15, -0.1) is 11.3 Å². The summed E-state index contributed by atoms with van der Waals surface area (Å²) in [7, 11) is 2.13. The zero-order valence-electron chi connectivity index (χ0n) is 10.2. The molecule has 0 bridgehead atoms. The molecular formula is C12H16Br2N2OS. The Morgan fingerprint density at radius 3 is 2.94 bits per heavy atom. The monoisotopic (exact) mass is 394 g/mol. The van der Waals surface area contributed by atoms with Crippen LogP contribution in [-0.4, -0.2) is 37.0 Å². The molecule has 0 radical (unpaired) electrons. The lowest BCUT2D eigenvalue weighted by Gasteiger charge is -2.32. The van der Waals surface area contributed by atoms with Crippen LogP contribution >= 0.6 is 43.2 Å². The molecule has 0 spiro atoms. The highest BCUT2D eigenvalue weighted by Crippen LogP contribution is 2.32. The maximum Gasteiger partial charge on any atom is 0.261 e. The van der Waals surface area contributed by atoms with E-state index in [2.05, 4.69) is 49.1 Å². The Morgan fingerprint density at radius 1 is 1.56 bits per heavy atom. The summed E-state index contributed by atoms with van der Waals surface area (Å²) in [5, 5.41) is 3.03. The number of carbonyl (C=O) groups excluding carboxylic acids is 1. The highest BCUT2D eigenvalue weighted by molar-refractivity contribution is 9.13. The third-order valence-corrected chi connectivity index (χ3v) is 6.54. The average molecular weight is 396 g/mol. The van der Waals surface area contributed by atoms with Crippen LogP contribution in [0.4, 0.5) is 0 Å². The lowest BCUT2D eigenvalue weighted by molar-refractivity contribution is 0.0932. The molecule has 1 N–H and O–H groups in total. The molecule has 6 heteroatoms. The standard InChI is InChI=1S/C12H16Br2N2OS/c1-16-5-3-2-4-8(16)7-15-12(17)10-6-9(13)11(14)18-10/h6,8H,2-5,7H2,1H3,(H,15,17). The summed E-state index contributed by atoms with van der Waals surface area (Å²) in [6, 6.07) is 2.34. The van der Waals surface area contributed by atoms with Crippen LogP contribution in [-0.2, 0) is 0 Å². The quantitative estimate of drug-likeness (QED) is 0.849. The van der Waals surface area contributed by atoms with Gasteiger partial charge >= 0.3 is 0 Å². The van der Waals surface area contributed by atoms with Gasteiger partial charge in [-0.3, -0.25) is 4.79 Å². The maximum atomic E-state index is 12.0. The SMILES string of the molecule is CN1CCCCC1CNC(=O)c1cc(Br)c(Br)s1. The van der Waals surface area contributed by atoms with Gasteiger partial charge in [0, 0.05) is 17.1 Å². The fraction of sp³-hybridized carbons (Fsp3) is 0.583. The van der Waals surface area contributed by atoms with Gasteiger partial charge in [-0.25, -0.2) is 0 Å². The van der Waals surface area contributed by atoms with Crippen molar-refractivity contribution < 1.29 is 4.79 Å². The number of amides is 1. The third kappa shape index (κ3) is 3.56. The smallest absolute Gasteiger partial charge is 0.261 e. The van der Waals surface area contributed by atoms with Crippen LogP contribution in [0.5, 0.6) is 0 Å². The Hall–Kier alpha value is 0.0900. The summed E-state index contributed by atoms with van der Waals surface area (Å²) >= 11 is 8.26. The lowest BCUT2D eigenvalue weighted by Crippen LogP contribution is -2.44. The number of rotatable bonds is 3. The number of hydrogen-bond acceptors (Lipinski definition) is 3. The van der Waals surface area contributed by atoms with Crippen molar-refractivity contribution >= 4 is 49.1 Å². The molecule has 1 saturated heterocycles. The minimum absolute atomic E-state index is 0.0189. The van der Waals surface area contributed by atoms with Gasteiger partial charge in [0.05, 0.1) is 8.66 Å². The normalized spacial score (nSPS) is 20.9. The number of piperidine rings is 1. The molecule has 3 nitrogen and oxygen atoms in total. The molecule has 100 valence electrons. The molecule has 1 atom stereocenters. The van der Waals surface area contributed by atoms with Gasteiger partial charge in [-0.05, 0) is 64.4 Å². The summed E-state index contributed by atoms with van der Waals surface area (Å²) in [5.74, 6) is 0.0189. The van der Waals surface area contributed by atoms with E-state index in [-0.39, 0.29) is 5.91 Å². The van der Waals surface area contributed by atoms with Crippen molar-refractivity contribution in [2.45, 2.75) is 25.3 Å². The van der Waals surface area contributed by atoms with Crippen LogP contribution in [0.2, 0.25) is 0 Å². The Bertz CT molecular complexity index is 416. The summed E-state index contributed by atoms with van der Waals surface area (Å²) in [5.41, 5.74) is 0. The van der Waals surface area contributed by atoms with E-state index in [4.69, 9.17) is 0 Å². The molecule has 18 heavy (non-hydrogen) atoms. The second-order valence-electron chi connectivity index (χ2n) is 4.57. The van der Waals surface area contributed by atoms with Crippen LogP contribution in [0.3, 0.4) is 0 Å². The Kier molecular flexibility index (Phi) is 5.24. The summed E-state index contributed by atoms with van der Waals surface area (Å²) < 4.78 is 1.90. The fourth-order valence-electron chi connectivity index (χ4n) is 2.16. The Labute approximate surface area is 128 Å². The molecule has 1 fully saturated rings. The van der Waals surface area contributed by atoms with Crippen molar-refractivity contribution in [2.75, 3.05) is 20.1 Å². The Balaban J connectivity index is 1.88. The van der Waals surface area contributed by atoms with Gasteiger partial charge in [0.25, 0.3) is 5.91 Å². The van der Waals surface area contributed by atoms with Gasteiger partial charge in [0.15, 0.2) is 0 Å². The first-order valence-electron chi connectivity index (χ1n) is 6.01. The van der Waals surface area contributed by atoms with Crippen molar-refractivity contribution in [1.82, 2.24) is 10.2 Å². The summed E-state index contributed by atoms with van der Waals surface area (Å²) in [6.45, 7) is 1.87. The van der Waals surface area contributed by atoms with Gasteiger partial charge in [-0.2, -0.15) is 0 Å². The number of hydrogen-bond donors (Lipinski definition) is 1.